The number of alkyl halides is 1. The average molecular weight is 381 g/mol. The Bertz CT molecular complexity index is 815. The molecule has 1 aliphatic rings. The molecule has 1 aliphatic heterocycles. The Labute approximate surface area is 153 Å². The van der Waals surface area contributed by atoms with Crippen molar-refractivity contribution >= 4 is 15.7 Å². The van der Waals surface area contributed by atoms with Gasteiger partial charge in [0.05, 0.1) is 23.1 Å². The lowest BCUT2D eigenvalue weighted by Gasteiger charge is -2.33. The summed E-state index contributed by atoms with van der Waals surface area (Å²) in [4.78, 5) is 13.7. The maximum absolute atomic E-state index is 13.6. The molecule has 0 bridgehead atoms. The second-order valence-electron chi connectivity index (χ2n) is 7.29. The van der Waals surface area contributed by atoms with Crippen LogP contribution in [0.15, 0.2) is 24.3 Å². The zero-order chi connectivity index (χ0) is 19.7. The molecule has 3 atom stereocenters. The van der Waals surface area contributed by atoms with Gasteiger partial charge in [-0.25, -0.2) is 12.8 Å². The molecule has 26 heavy (non-hydrogen) atoms. The van der Waals surface area contributed by atoms with Gasteiger partial charge in [-0.2, -0.15) is 5.26 Å². The zero-order valence-electron chi connectivity index (χ0n) is 15.1. The molecule has 142 valence electrons. The van der Waals surface area contributed by atoms with Crippen LogP contribution in [0.25, 0.3) is 0 Å². The Morgan fingerprint density at radius 1 is 1.42 bits per heavy atom. The minimum absolute atomic E-state index is 0.0779. The molecular formula is C18H24FN3O3S. The van der Waals surface area contributed by atoms with Crippen LogP contribution >= 0.6 is 0 Å². The molecule has 8 heteroatoms. The van der Waals surface area contributed by atoms with Crippen molar-refractivity contribution in [1.82, 2.24) is 4.90 Å². The first-order valence-electron chi connectivity index (χ1n) is 8.37. The third-order valence-electron chi connectivity index (χ3n) is 4.98. The normalized spacial score (nSPS) is 22.1. The number of aryl methyl sites for hydroxylation is 1. The first-order chi connectivity index (χ1) is 12.0. The Morgan fingerprint density at radius 2 is 2.00 bits per heavy atom. The summed E-state index contributed by atoms with van der Waals surface area (Å²) in [6.07, 6.45) is -1.38. The van der Waals surface area contributed by atoms with Gasteiger partial charge in [0, 0.05) is 6.42 Å². The number of amides is 1. The SMILES string of the molecule is Cc1ccc(CS(=O)(=O)C(C)(C)[C@H](N)C(=O)N2C[C@@H](F)C[C@H]2C#N)cc1. The van der Waals surface area contributed by atoms with E-state index >= 15 is 0 Å². The fourth-order valence-electron chi connectivity index (χ4n) is 2.91. The highest BCUT2D eigenvalue weighted by Crippen LogP contribution is 2.28. The average Bonchev–Trinajstić information content (AvgIpc) is 2.96. The third-order valence-corrected chi connectivity index (χ3v) is 7.55. The van der Waals surface area contributed by atoms with Crippen molar-refractivity contribution in [3.8, 4) is 6.07 Å². The van der Waals surface area contributed by atoms with Crippen molar-refractivity contribution in [2.75, 3.05) is 6.54 Å². The first-order valence-corrected chi connectivity index (χ1v) is 10.0. The lowest BCUT2D eigenvalue weighted by Crippen LogP contribution is -2.59. The van der Waals surface area contributed by atoms with Crippen LogP contribution in [0.1, 0.15) is 31.4 Å². The number of rotatable bonds is 5. The summed E-state index contributed by atoms with van der Waals surface area (Å²) in [6.45, 7) is 4.45. The Kier molecular flexibility index (Phi) is 5.73. The van der Waals surface area contributed by atoms with E-state index in [1.165, 1.54) is 13.8 Å². The van der Waals surface area contributed by atoms with Crippen LogP contribution in [0.3, 0.4) is 0 Å². The van der Waals surface area contributed by atoms with Gasteiger partial charge < -0.3 is 10.6 Å². The number of nitrogens with two attached hydrogens (primary N) is 1. The molecule has 1 aromatic carbocycles. The molecule has 1 aromatic rings. The van der Waals surface area contributed by atoms with Crippen LogP contribution in [-0.2, 0) is 20.4 Å². The van der Waals surface area contributed by atoms with Crippen LogP contribution in [0.4, 0.5) is 4.39 Å². The van der Waals surface area contributed by atoms with E-state index in [-0.39, 0.29) is 18.7 Å². The quantitative estimate of drug-likeness (QED) is 0.832. The summed E-state index contributed by atoms with van der Waals surface area (Å²) in [5, 5.41) is 9.10. The molecule has 0 spiro atoms. The van der Waals surface area contributed by atoms with Crippen molar-refractivity contribution < 1.29 is 17.6 Å². The molecule has 0 aromatic heterocycles. The number of carbonyl (C=O) groups is 1. The minimum atomic E-state index is -3.79. The third kappa shape index (κ3) is 3.89. The summed E-state index contributed by atoms with van der Waals surface area (Å²) in [6, 6.07) is 6.63. The molecule has 0 radical (unpaired) electrons. The monoisotopic (exact) mass is 381 g/mol. The van der Waals surface area contributed by atoms with E-state index in [1.807, 2.05) is 25.1 Å². The second kappa shape index (κ2) is 7.33. The number of sulfone groups is 1. The Hall–Kier alpha value is -1.98. The lowest BCUT2D eigenvalue weighted by molar-refractivity contribution is -0.133. The van der Waals surface area contributed by atoms with E-state index in [2.05, 4.69) is 0 Å². The molecule has 1 saturated heterocycles. The zero-order valence-corrected chi connectivity index (χ0v) is 16.0. The van der Waals surface area contributed by atoms with Crippen LogP contribution in [0.5, 0.6) is 0 Å². The molecule has 1 fully saturated rings. The van der Waals surface area contributed by atoms with Gasteiger partial charge in [-0.15, -0.1) is 0 Å². The number of benzene rings is 1. The standard InChI is InChI=1S/C18H24FN3O3S/c1-12-4-6-13(7-5-12)11-26(24,25)18(2,3)16(21)17(23)22-10-14(19)8-15(22)9-20/h4-7,14-16H,8,10-11,21H2,1-3H3/t14-,15-,16+/m0/s1. The van der Waals surface area contributed by atoms with E-state index in [4.69, 9.17) is 11.0 Å². The number of carbonyl (C=O) groups excluding carboxylic acids is 1. The number of hydrogen-bond donors (Lipinski definition) is 1. The predicted molar refractivity (Wildman–Crippen MR) is 96.5 cm³/mol. The van der Waals surface area contributed by atoms with Gasteiger partial charge in [-0.1, -0.05) is 29.8 Å². The fraction of sp³-hybridized carbons (Fsp3) is 0.556. The van der Waals surface area contributed by atoms with Gasteiger partial charge in [-0.05, 0) is 26.3 Å². The van der Waals surface area contributed by atoms with Crippen molar-refractivity contribution in [3.63, 3.8) is 0 Å². The molecule has 0 aliphatic carbocycles. The highest BCUT2D eigenvalue weighted by Gasteiger charge is 2.47. The van der Waals surface area contributed by atoms with E-state index < -0.39 is 38.7 Å². The summed E-state index contributed by atoms with van der Waals surface area (Å²) in [5.74, 6) is -0.969. The van der Waals surface area contributed by atoms with Crippen molar-refractivity contribution in [2.45, 2.75) is 55.9 Å². The maximum atomic E-state index is 13.6. The van der Waals surface area contributed by atoms with E-state index in [9.17, 15) is 17.6 Å². The number of halogens is 1. The van der Waals surface area contributed by atoms with Gasteiger partial charge in [0.1, 0.15) is 18.3 Å². The van der Waals surface area contributed by atoms with Crippen LogP contribution in [0, 0.1) is 18.3 Å². The van der Waals surface area contributed by atoms with Gasteiger partial charge >= 0.3 is 0 Å². The Balaban J connectivity index is 2.22. The molecular weight excluding hydrogens is 357 g/mol. The highest BCUT2D eigenvalue weighted by atomic mass is 32.2. The lowest BCUT2D eigenvalue weighted by atomic mass is 10.0. The molecule has 2 rings (SSSR count). The summed E-state index contributed by atoms with van der Waals surface area (Å²) in [7, 11) is -3.79. The molecule has 1 heterocycles. The largest absolute Gasteiger partial charge is 0.322 e. The summed E-state index contributed by atoms with van der Waals surface area (Å²) in [5.41, 5.74) is 7.61. The maximum Gasteiger partial charge on any atom is 0.242 e. The molecule has 2 N–H and O–H groups in total. The van der Waals surface area contributed by atoms with Gasteiger partial charge in [0.2, 0.25) is 5.91 Å². The van der Waals surface area contributed by atoms with Crippen LogP contribution < -0.4 is 5.73 Å². The van der Waals surface area contributed by atoms with Gasteiger partial charge in [-0.3, -0.25) is 4.79 Å². The number of hydrogen-bond acceptors (Lipinski definition) is 5. The number of nitriles is 1. The topological polar surface area (TPSA) is 104 Å². The summed E-state index contributed by atoms with van der Waals surface area (Å²) >= 11 is 0. The minimum Gasteiger partial charge on any atom is -0.322 e. The van der Waals surface area contributed by atoms with Crippen LogP contribution in [-0.4, -0.2) is 48.8 Å². The summed E-state index contributed by atoms with van der Waals surface area (Å²) < 4.78 is 37.8. The van der Waals surface area contributed by atoms with Crippen LogP contribution in [0.2, 0.25) is 0 Å². The predicted octanol–water partition coefficient (Wildman–Crippen LogP) is 1.48. The highest BCUT2D eigenvalue weighted by molar-refractivity contribution is 7.92. The van der Waals surface area contributed by atoms with E-state index in [1.54, 1.807) is 12.1 Å². The first kappa shape index (κ1) is 20.3. The van der Waals surface area contributed by atoms with E-state index in [0.29, 0.717) is 5.56 Å². The second-order valence-corrected chi connectivity index (χ2v) is 9.86. The van der Waals surface area contributed by atoms with Gasteiger partial charge in [0.25, 0.3) is 0 Å². The molecule has 0 saturated carbocycles. The smallest absolute Gasteiger partial charge is 0.242 e. The van der Waals surface area contributed by atoms with E-state index in [0.717, 1.165) is 10.5 Å². The number of nitrogens with zero attached hydrogens (tertiary/aromatic N) is 2. The van der Waals surface area contributed by atoms with Crippen molar-refractivity contribution in [1.29, 1.82) is 5.26 Å². The van der Waals surface area contributed by atoms with Crippen molar-refractivity contribution in [3.05, 3.63) is 35.4 Å². The molecule has 1 amide bonds. The molecule has 0 unspecified atom stereocenters. The fourth-order valence-corrected chi connectivity index (χ4v) is 4.40. The Morgan fingerprint density at radius 3 is 2.54 bits per heavy atom. The molecule has 6 nitrogen and oxygen atoms in total. The van der Waals surface area contributed by atoms with Crippen molar-refractivity contribution in [2.24, 2.45) is 5.73 Å². The van der Waals surface area contributed by atoms with Gasteiger partial charge in [0.15, 0.2) is 9.84 Å². The number of likely N-dealkylation sites (tertiary alicyclic amines) is 1.